The van der Waals surface area contributed by atoms with Gasteiger partial charge >= 0.3 is 0 Å². The van der Waals surface area contributed by atoms with Gasteiger partial charge in [0.1, 0.15) is 5.75 Å². The van der Waals surface area contributed by atoms with Crippen molar-refractivity contribution in [2.75, 3.05) is 6.61 Å². The highest BCUT2D eigenvalue weighted by molar-refractivity contribution is 6.35. The number of hydrogen-bond donors (Lipinski definition) is 0. The Bertz CT molecular complexity index is 340. The fraction of sp³-hybridized carbons (Fsp3) is 0.500. The van der Waals surface area contributed by atoms with Crippen molar-refractivity contribution < 1.29 is 9.47 Å². The minimum absolute atomic E-state index is 0.318. The number of benzene rings is 1. The molecule has 0 saturated carbocycles. The zero-order valence-electron chi connectivity index (χ0n) is 9.67. The topological polar surface area (TPSA) is 18.5 Å². The van der Waals surface area contributed by atoms with Crippen molar-refractivity contribution in [1.82, 2.24) is 0 Å². The molecule has 0 aliphatic heterocycles. The third kappa shape index (κ3) is 4.60. The molecule has 0 saturated heterocycles. The average molecular weight is 263 g/mol. The van der Waals surface area contributed by atoms with Gasteiger partial charge < -0.3 is 9.47 Å². The van der Waals surface area contributed by atoms with Crippen molar-refractivity contribution in [2.24, 2.45) is 5.92 Å². The van der Waals surface area contributed by atoms with Crippen molar-refractivity contribution >= 4 is 23.2 Å². The number of hydrogen-bond acceptors (Lipinski definition) is 2. The maximum absolute atomic E-state index is 5.97. The summed E-state index contributed by atoms with van der Waals surface area (Å²) in [6, 6.07) is 5.12. The number of ether oxygens (including phenoxy) is 2. The molecule has 0 N–H and O–H groups in total. The highest BCUT2D eigenvalue weighted by Gasteiger charge is 2.08. The molecule has 0 heterocycles. The Morgan fingerprint density at radius 3 is 2.44 bits per heavy atom. The van der Waals surface area contributed by atoms with Crippen LogP contribution in [-0.2, 0) is 4.74 Å². The van der Waals surface area contributed by atoms with Crippen LogP contribution in [0.2, 0.25) is 10.0 Å². The highest BCUT2D eigenvalue weighted by Crippen LogP contribution is 2.28. The van der Waals surface area contributed by atoms with Gasteiger partial charge in [-0.15, -0.1) is 0 Å². The third-order valence-corrected chi connectivity index (χ3v) is 2.38. The highest BCUT2D eigenvalue weighted by atomic mass is 35.5. The average Bonchev–Trinajstić information content (AvgIpc) is 2.19. The first-order chi connectivity index (χ1) is 7.49. The van der Waals surface area contributed by atoms with Gasteiger partial charge in [0.15, 0.2) is 6.29 Å². The molecule has 1 aromatic rings. The molecule has 1 rings (SSSR count). The summed E-state index contributed by atoms with van der Waals surface area (Å²) >= 11 is 11.8. The molecule has 0 radical (unpaired) electrons. The molecule has 16 heavy (non-hydrogen) atoms. The first kappa shape index (κ1) is 13.6. The second-order valence-electron chi connectivity index (χ2n) is 3.99. The van der Waals surface area contributed by atoms with Crippen LogP contribution < -0.4 is 4.74 Å². The van der Waals surface area contributed by atoms with E-state index < -0.39 is 0 Å². The number of rotatable bonds is 5. The molecule has 1 unspecified atom stereocenters. The second-order valence-corrected chi connectivity index (χ2v) is 4.83. The summed E-state index contributed by atoms with van der Waals surface area (Å²) in [6.45, 7) is 6.67. The van der Waals surface area contributed by atoms with E-state index in [1.807, 2.05) is 6.92 Å². The van der Waals surface area contributed by atoms with Crippen LogP contribution in [0, 0.1) is 5.92 Å². The van der Waals surface area contributed by atoms with Crippen molar-refractivity contribution in [3.8, 4) is 5.75 Å². The predicted molar refractivity (Wildman–Crippen MR) is 67.3 cm³/mol. The van der Waals surface area contributed by atoms with Gasteiger partial charge in [-0.3, -0.25) is 0 Å². The lowest BCUT2D eigenvalue weighted by Crippen LogP contribution is -2.19. The largest absolute Gasteiger partial charge is 0.464 e. The smallest absolute Gasteiger partial charge is 0.197 e. The Kier molecular flexibility index (Phi) is 5.39. The van der Waals surface area contributed by atoms with E-state index in [4.69, 9.17) is 32.7 Å². The molecule has 2 nitrogen and oxygen atoms in total. The molecule has 1 aromatic carbocycles. The normalized spacial score (nSPS) is 12.9. The van der Waals surface area contributed by atoms with Crippen LogP contribution in [0.5, 0.6) is 5.75 Å². The first-order valence-electron chi connectivity index (χ1n) is 5.22. The van der Waals surface area contributed by atoms with Crippen LogP contribution in [0.3, 0.4) is 0 Å². The Hall–Kier alpha value is -0.440. The van der Waals surface area contributed by atoms with Gasteiger partial charge in [-0.2, -0.15) is 0 Å². The van der Waals surface area contributed by atoms with Gasteiger partial charge in [0, 0.05) is 5.02 Å². The summed E-state index contributed by atoms with van der Waals surface area (Å²) < 4.78 is 11.0. The SMILES string of the molecule is CC(C)COC(C)Oc1ccc(Cl)cc1Cl. The van der Waals surface area contributed by atoms with E-state index in [0.29, 0.717) is 28.3 Å². The molecule has 0 fully saturated rings. The second kappa shape index (κ2) is 6.33. The Morgan fingerprint density at radius 2 is 1.88 bits per heavy atom. The minimum atomic E-state index is -0.318. The van der Waals surface area contributed by atoms with Gasteiger partial charge in [0.25, 0.3) is 0 Å². The molecule has 0 bridgehead atoms. The van der Waals surface area contributed by atoms with E-state index in [0.717, 1.165) is 0 Å². The molecule has 1 atom stereocenters. The molecule has 0 amide bonds. The molecule has 0 aliphatic rings. The maximum Gasteiger partial charge on any atom is 0.197 e. The van der Waals surface area contributed by atoms with E-state index in [2.05, 4.69) is 13.8 Å². The van der Waals surface area contributed by atoms with Crippen molar-refractivity contribution in [2.45, 2.75) is 27.1 Å². The van der Waals surface area contributed by atoms with E-state index in [9.17, 15) is 0 Å². The molecule has 0 spiro atoms. The van der Waals surface area contributed by atoms with Gasteiger partial charge in [-0.25, -0.2) is 0 Å². The van der Waals surface area contributed by atoms with E-state index in [1.165, 1.54) is 0 Å². The van der Waals surface area contributed by atoms with Crippen molar-refractivity contribution in [3.05, 3.63) is 28.2 Å². The summed E-state index contributed by atoms with van der Waals surface area (Å²) in [5, 5.41) is 1.08. The van der Waals surface area contributed by atoms with Gasteiger partial charge in [-0.1, -0.05) is 37.0 Å². The lowest BCUT2D eigenvalue weighted by atomic mass is 10.2. The molecule has 90 valence electrons. The van der Waals surface area contributed by atoms with Gasteiger partial charge in [0.2, 0.25) is 0 Å². The van der Waals surface area contributed by atoms with Crippen LogP contribution in [0.25, 0.3) is 0 Å². The van der Waals surface area contributed by atoms with Crippen molar-refractivity contribution in [1.29, 1.82) is 0 Å². The summed E-state index contributed by atoms with van der Waals surface area (Å²) in [6.07, 6.45) is -0.318. The lowest BCUT2D eigenvalue weighted by Gasteiger charge is -2.17. The van der Waals surface area contributed by atoms with E-state index >= 15 is 0 Å². The monoisotopic (exact) mass is 262 g/mol. The zero-order chi connectivity index (χ0) is 12.1. The fourth-order valence-electron chi connectivity index (χ4n) is 1.11. The summed E-state index contributed by atoms with van der Waals surface area (Å²) in [7, 11) is 0. The van der Waals surface area contributed by atoms with Gasteiger partial charge in [0.05, 0.1) is 11.6 Å². The fourth-order valence-corrected chi connectivity index (χ4v) is 1.56. The van der Waals surface area contributed by atoms with Crippen LogP contribution in [0.4, 0.5) is 0 Å². The van der Waals surface area contributed by atoms with Crippen LogP contribution >= 0.6 is 23.2 Å². The molecule has 0 aromatic heterocycles. The lowest BCUT2D eigenvalue weighted by molar-refractivity contribution is -0.0755. The Balaban J connectivity index is 2.52. The van der Waals surface area contributed by atoms with Crippen molar-refractivity contribution in [3.63, 3.8) is 0 Å². The molecule has 4 heteroatoms. The minimum Gasteiger partial charge on any atom is -0.464 e. The van der Waals surface area contributed by atoms with Crippen LogP contribution in [0.1, 0.15) is 20.8 Å². The first-order valence-corrected chi connectivity index (χ1v) is 5.98. The Labute approximate surface area is 106 Å². The molecular weight excluding hydrogens is 247 g/mol. The Morgan fingerprint density at radius 1 is 1.19 bits per heavy atom. The molecular formula is C12H16Cl2O2. The number of halogens is 2. The summed E-state index contributed by atoms with van der Waals surface area (Å²) in [5.74, 6) is 1.06. The maximum atomic E-state index is 5.97. The van der Waals surface area contributed by atoms with E-state index in [-0.39, 0.29) is 6.29 Å². The predicted octanol–water partition coefficient (Wildman–Crippen LogP) is 4.39. The summed E-state index contributed by atoms with van der Waals surface area (Å²) in [5.41, 5.74) is 0. The zero-order valence-corrected chi connectivity index (χ0v) is 11.2. The third-order valence-electron chi connectivity index (χ3n) is 1.85. The van der Waals surface area contributed by atoms with Crippen LogP contribution in [-0.4, -0.2) is 12.9 Å². The van der Waals surface area contributed by atoms with Crippen LogP contribution in [0.15, 0.2) is 18.2 Å². The molecule has 0 aliphatic carbocycles. The standard InChI is InChI=1S/C12H16Cl2O2/c1-8(2)7-15-9(3)16-12-5-4-10(13)6-11(12)14/h4-6,8-9H,7H2,1-3H3. The quantitative estimate of drug-likeness (QED) is 0.733. The van der Waals surface area contributed by atoms with E-state index in [1.54, 1.807) is 18.2 Å². The summed E-state index contributed by atoms with van der Waals surface area (Å²) in [4.78, 5) is 0. The van der Waals surface area contributed by atoms with Gasteiger partial charge in [-0.05, 0) is 31.0 Å².